The second kappa shape index (κ2) is 2.85. The summed E-state index contributed by atoms with van der Waals surface area (Å²) in [6.45, 7) is 2.03. The predicted octanol–water partition coefficient (Wildman–Crippen LogP) is 1.13. The fraction of sp³-hybridized carbons (Fsp3) is 0.222. The number of allylic oxidation sites excluding steroid dienone is 1. The highest BCUT2D eigenvalue weighted by molar-refractivity contribution is 5.19. The number of hydrogen-bond acceptors (Lipinski definition) is 3. The molecule has 12 heavy (non-hydrogen) atoms. The molecule has 0 aliphatic carbocycles. The van der Waals surface area contributed by atoms with Gasteiger partial charge in [-0.3, -0.25) is 4.98 Å². The zero-order valence-corrected chi connectivity index (χ0v) is 6.91. The Labute approximate surface area is 71.5 Å². The van der Waals surface area contributed by atoms with Gasteiger partial charge in [0.25, 0.3) is 0 Å². The summed E-state index contributed by atoms with van der Waals surface area (Å²) in [5, 5.41) is 6.49. The minimum absolute atomic E-state index is 0.193. The van der Waals surface area contributed by atoms with Crippen LogP contribution in [0.15, 0.2) is 36.4 Å². The number of nitrogens with one attached hydrogen (secondary N) is 2. The van der Waals surface area contributed by atoms with Crippen molar-refractivity contribution in [2.45, 2.75) is 13.1 Å². The van der Waals surface area contributed by atoms with Crippen LogP contribution in [-0.2, 0) is 0 Å². The van der Waals surface area contributed by atoms with Gasteiger partial charge in [-0.05, 0) is 13.0 Å². The average molecular weight is 161 g/mol. The highest BCUT2D eigenvalue weighted by atomic mass is 15.2. The molecule has 0 aromatic carbocycles. The van der Waals surface area contributed by atoms with Gasteiger partial charge in [-0.25, -0.2) is 0 Å². The molecule has 2 N–H and O–H groups in total. The summed E-state index contributed by atoms with van der Waals surface area (Å²) in [4.78, 5) is 4.05. The van der Waals surface area contributed by atoms with Gasteiger partial charge in [0.1, 0.15) is 6.17 Å². The Morgan fingerprint density at radius 1 is 1.50 bits per heavy atom. The smallest absolute Gasteiger partial charge is 0.124 e. The molecule has 3 nitrogen and oxygen atoms in total. The largest absolute Gasteiger partial charge is 0.366 e. The van der Waals surface area contributed by atoms with Crippen molar-refractivity contribution in [3.8, 4) is 0 Å². The number of rotatable bonds is 1. The molecular weight excluding hydrogens is 150 g/mol. The normalized spacial score (nSPS) is 21.1. The summed E-state index contributed by atoms with van der Waals surface area (Å²) in [7, 11) is 0. The highest BCUT2D eigenvalue weighted by Gasteiger charge is 2.13. The van der Waals surface area contributed by atoms with Crippen molar-refractivity contribution in [1.29, 1.82) is 0 Å². The van der Waals surface area contributed by atoms with Crippen molar-refractivity contribution in [2.24, 2.45) is 0 Å². The van der Waals surface area contributed by atoms with Crippen molar-refractivity contribution in [3.05, 3.63) is 42.0 Å². The summed E-state index contributed by atoms with van der Waals surface area (Å²) in [6.07, 6.45) is 5.80. The first-order chi connectivity index (χ1) is 5.86. The first kappa shape index (κ1) is 7.16. The van der Waals surface area contributed by atoms with Gasteiger partial charge in [-0.15, -0.1) is 0 Å². The van der Waals surface area contributed by atoms with E-state index in [9.17, 15) is 0 Å². The maximum Gasteiger partial charge on any atom is 0.124 e. The Kier molecular flexibility index (Phi) is 1.70. The number of pyridine rings is 1. The second-order valence-corrected chi connectivity index (χ2v) is 2.86. The molecule has 1 aromatic rings. The van der Waals surface area contributed by atoms with Crippen molar-refractivity contribution in [1.82, 2.24) is 15.6 Å². The van der Waals surface area contributed by atoms with Crippen molar-refractivity contribution < 1.29 is 0 Å². The Hall–Kier alpha value is -1.51. The molecule has 0 spiro atoms. The molecule has 1 atom stereocenters. The molecular formula is C9H11N3. The molecule has 1 aromatic heterocycles. The molecule has 1 aliphatic rings. The highest BCUT2D eigenvalue weighted by Crippen LogP contribution is 2.13. The van der Waals surface area contributed by atoms with E-state index < -0.39 is 0 Å². The molecule has 0 saturated heterocycles. The summed E-state index contributed by atoms with van der Waals surface area (Å²) < 4.78 is 0. The SMILES string of the molecule is CC1=CNC(c2cccnc2)N1. The molecule has 0 radical (unpaired) electrons. The van der Waals surface area contributed by atoms with E-state index in [-0.39, 0.29) is 6.17 Å². The van der Waals surface area contributed by atoms with Gasteiger partial charge >= 0.3 is 0 Å². The van der Waals surface area contributed by atoms with Crippen LogP contribution in [0, 0.1) is 0 Å². The quantitative estimate of drug-likeness (QED) is 0.648. The lowest BCUT2D eigenvalue weighted by Crippen LogP contribution is -2.22. The van der Waals surface area contributed by atoms with Crippen LogP contribution in [0.4, 0.5) is 0 Å². The second-order valence-electron chi connectivity index (χ2n) is 2.86. The van der Waals surface area contributed by atoms with Crippen LogP contribution in [0.25, 0.3) is 0 Å². The Bertz CT molecular complexity index is 292. The van der Waals surface area contributed by atoms with Crippen molar-refractivity contribution in [3.63, 3.8) is 0 Å². The van der Waals surface area contributed by atoms with E-state index in [1.54, 1.807) is 6.20 Å². The molecule has 3 heteroatoms. The van der Waals surface area contributed by atoms with Crippen LogP contribution >= 0.6 is 0 Å². The monoisotopic (exact) mass is 161 g/mol. The van der Waals surface area contributed by atoms with Gasteiger partial charge in [0, 0.05) is 29.9 Å². The topological polar surface area (TPSA) is 37.0 Å². The predicted molar refractivity (Wildman–Crippen MR) is 47.0 cm³/mol. The van der Waals surface area contributed by atoms with Crippen LogP contribution in [0.5, 0.6) is 0 Å². The third-order valence-corrected chi connectivity index (χ3v) is 1.86. The minimum atomic E-state index is 0.193. The van der Waals surface area contributed by atoms with E-state index in [2.05, 4.69) is 15.6 Å². The first-order valence-electron chi connectivity index (χ1n) is 3.95. The van der Waals surface area contributed by atoms with Gasteiger partial charge in [-0.1, -0.05) is 6.07 Å². The van der Waals surface area contributed by atoms with Gasteiger partial charge in [0.15, 0.2) is 0 Å². The molecule has 0 fully saturated rings. The number of aromatic nitrogens is 1. The summed E-state index contributed by atoms with van der Waals surface area (Å²) in [5.74, 6) is 0. The van der Waals surface area contributed by atoms with E-state index in [1.807, 2.05) is 31.5 Å². The van der Waals surface area contributed by atoms with Crippen LogP contribution in [0.1, 0.15) is 18.7 Å². The molecule has 2 rings (SSSR count). The Morgan fingerprint density at radius 2 is 2.42 bits per heavy atom. The van der Waals surface area contributed by atoms with Gasteiger partial charge < -0.3 is 10.6 Å². The van der Waals surface area contributed by atoms with E-state index in [1.165, 1.54) is 0 Å². The molecule has 1 aliphatic heterocycles. The molecule has 62 valence electrons. The Morgan fingerprint density at radius 3 is 3.00 bits per heavy atom. The zero-order chi connectivity index (χ0) is 8.39. The van der Waals surface area contributed by atoms with Gasteiger partial charge in [-0.2, -0.15) is 0 Å². The lowest BCUT2D eigenvalue weighted by Gasteiger charge is -2.12. The van der Waals surface area contributed by atoms with Crippen molar-refractivity contribution in [2.75, 3.05) is 0 Å². The third-order valence-electron chi connectivity index (χ3n) is 1.86. The molecule has 0 amide bonds. The lowest BCUT2D eigenvalue weighted by atomic mass is 10.2. The van der Waals surface area contributed by atoms with E-state index in [4.69, 9.17) is 0 Å². The maximum atomic E-state index is 4.05. The van der Waals surface area contributed by atoms with Crippen molar-refractivity contribution >= 4 is 0 Å². The summed E-state index contributed by atoms with van der Waals surface area (Å²) in [5.41, 5.74) is 2.31. The zero-order valence-electron chi connectivity index (χ0n) is 6.91. The van der Waals surface area contributed by atoms with E-state index in [0.717, 1.165) is 11.3 Å². The Balaban J connectivity index is 2.14. The van der Waals surface area contributed by atoms with Crippen LogP contribution in [0.3, 0.4) is 0 Å². The van der Waals surface area contributed by atoms with E-state index >= 15 is 0 Å². The first-order valence-corrected chi connectivity index (χ1v) is 3.95. The number of hydrogen-bond donors (Lipinski definition) is 2. The summed E-state index contributed by atoms with van der Waals surface area (Å²) >= 11 is 0. The van der Waals surface area contributed by atoms with E-state index in [0.29, 0.717) is 0 Å². The van der Waals surface area contributed by atoms with Crippen LogP contribution < -0.4 is 10.6 Å². The molecule has 2 heterocycles. The molecule has 1 unspecified atom stereocenters. The standard InChI is InChI=1S/C9H11N3/c1-7-5-11-9(12-7)8-3-2-4-10-6-8/h2-6,9,11-12H,1H3. The maximum absolute atomic E-state index is 4.05. The number of nitrogens with zero attached hydrogens (tertiary/aromatic N) is 1. The molecule has 0 bridgehead atoms. The third kappa shape index (κ3) is 1.25. The molecule has 0 saturated carbocycles. The van der Waals surface area contributed by atoms with Crippen LogP contribution in [0.2, 0.25) is 0 Å². The lowest BCUT2D eigenvalue weighted by molar-refractivity contribution is 0.593. The van der Waals surface area contributed by atoms with Gasteiger partial charge in [0.05, 0.1) is 0 Å². The van der Waals surface area contributed by atoms with Gasteiger partial charge in [0.2, 0.25) is 0 Å². The fourth-order valence-electron chi connectivity index (χ4n) is 1.25. The average Bonchev–Trinajstić information content (AvgIpc) is 2.54. The van der Waals surface area contributed by atoms with Crippen LogP contribution in [-0.4, -0.2) is 4.98 Å². The summed E-state index contributed by atoms with van der Waals surface area (Å²) in [6, 6.07) is 3.98. The fourth-order valence-corrected chi connectivity index (χ4v) is 1.25. The minimum Gasteiger partial charge on any atom is -0.366 e.